The molecule has 1 aromatic heterocycles. The molecule has 140 valence electrons. The highest BCUT2D eigenvalue weighted by Gasteiger charge is 2.24. The smallest absolute Gasteiger partial charge is 0.182 e. The number of halogens is 1. The lowest BCUT2D eigenvalue weighted by Gasteiger charge is -2.22. The molecule has 1 aliphatic rings. The molecule has 0 amide bonds. The lowest BCUT2D eigenvalue weighted by atomic mass is 9.97. The van der Waals surface area contributed by atoms with E-state index in [1.807, 2.05) is 0 Å². The highest BCUT2D eigenvalue weighted by Crippen LogP contribution is 2.31. The van der Waals surface area contributed by atoms with Gasteiger partial charge in [-0.05, 0) is 51.9 Å². The fourth-order valence-electron chi connectivity index (χ4n) is 2.94. The number of aromatic nitrogens is 2. The number of anilines is 2. The molecule has 1 fully saturated rings. The maximum atomic E-state index is 12.6. The number of hydrogen-bond acceptors (Lipinski definition) is 6. The zero-order valence-electron chi connectivity index (χ0n) is 14.9. The van der Waals surface area contributed by atoms with Crippen LogP contribution in [0, 0.1) is 0 Å². The second-order valence-corrected chi connectivity index (χ2v) is 9.54. The molecule has 8 heteroatoms. The molecule has 1 saturated heterocycles. The Labute approximate surface area is 159 Å². The molecule has 26 heavy (non-hydrogen) atoms. The maximum Gasteiger partial charge on any atom is 0.182 e. The van der Waals surface area contributed by atoms with Crippen molar-refractivity contribution in [1.82, 2.24) is 15.3 Å². The first kappa shape index (κ1) is 19.1. The molecule has 6 nitrogen and oxygen atoms in total. The Bertz CT molecular complexity index is 881. The van der Waals surface area contributed by atoms with Gasteiger partial charge >= 0.3 is 0 Å². The summed E-state index contributed by atoms with van der Waals surface area (Å²) in [4.78, 5) is 9.20. The van der Waals surface area contributed by atoms with E-state index in [-0.39, 0.29) is 10.8 Å². The average Bonchev–Trinajstić information content (AvgIpc) is 2.64. The molecule has 3 rings (SSSR count). The number of sulfone groups is 1. The predicted molar refractivity (Wildman–Crippen MR) is 104 cm³/mol. The first-order valence-corrected chi connectivity index (χ1v) is 10.6. The van der Waals surface area contributed by atoms with Crippen molar-refractivity contribution in [2.45, 2.75) is 42.8 Å². The zero-order chi connectivity index (χ0) is 18.7. The molecule has 0 saturated carbocycles. The van der Waals surface area contributed by atoms with Crippen LogP contribution >= 0.6 is 11.6 Å². The van der Waals surface area contributed by atoms with Crippen molar-refractivity contribution in [1.29, 1.82) is 0 Å². The summed E-state index contributed by atoms with van der Waals surface area (Å²) >= 11 is 6.26. The van der Waals surface area contributed by atoms with Crippen molar-refractivity contribution in [2.24, 2.45) is 0 Å². The highest BCUT2D eigenvalue weighted by molar-refractivity contribution is 7.92. The molecule has 2 aromatic rings. The van der Waals surface area contributed by atoms with Gasteiger partial charge in [-0.3, -0.25) is 0 Å². The molecule has 0 aliphatic carbocycles. The van der Waals surface area contributed by atoms with Crippen molar-refractivity contribution in [3.8, 4) is 0 Å². The highest BCUT2D eigenvalue weighted by atomic mass is 35.5. The number of hydrogen-bond donors (Lipinski definition) is 2. The molecule has 0 spiro atoms. The van der Waals surface area contributed by atoms with Gasteiger partial charge in [-0.2, -0.15) is 0 Å². The second kappa shape index (κ2) is 7.90. The SMILES string of the molecule is CC(C)S(=O)(=O)c1ccccc1Nc1nc(C2CCNCC2)ncc1Cl. The van der Waals surface area contributed by atoms with Gasteiger partial charge in [-0.25, -0.2) is 18.4 Å². The van der Waals surface area contributed by atoms with Crippen LogP contribution in [0.3, 0.4) is 0 Å². The van der Waals surface area contributed by atoms with Crippen LogP contribution in [0.5, 0.6) is 0 Å². The van der Waals surface area contributed by atoms with E-state index in [1.165, 1.54) is 0 Å². The van der Waals surface area contributed by atoms with Crippen LogP contribution in [0.2, 0.25) is 5.02 Å². The van der Waals surface area contributed by atoms with Crippen molar-refractivity contribution in [3.63, 3.8) is 0 Å². The first-order valence-electron chi connectivity index (χ1n) is 8.72. The Kier molecular flexibility index (Phi) is 5.79. The molecule has 0 bridgehead atoms. The van der Waals surface area contributed by atoms with E-state index in [9.17, 15) is 8.42 Å². The summed E-state index contributed by atoms with van der Waals surface area (Å²) in [6.45, 7) is 5.21. The minimum absolute atomic E-state index is 0.244. The Hall–Kier alpha value is -1.70. The summed E-state index contributed by atoms with van der Waals surface area (Å²) in [6, 6.07) is 6.81. The Morgan fingerprint density at radius 1 is 1.23 bits per heavy atom. The largest absolute Gasteiger partial charge is 0.338 e. The normalized spacial score (nSPS) is 16.0. The number of para-hydroxylation sites is 1. The third kappa shape index (κ3) is 4.00. The summed E-state index contributed by atoms with van der Waals surface area (Å²) in [5, 5.41) is 6.27. The molecule has 0 radical (unpaired) electrons. The molecule has 1 aliphatic heterocycles. The lowest BCUT2D eigenvalue weighted by Crippen LogP contribution is -2.27. The minimum atomic E-state index is -3.43. The van der Waals surface area contributed by atoms with Gasteiger partial charge in [0.1, 0.15) is 10.8 Å². The number of rotatable bonds is 5. The maximum absolute atomic E-state index is 12.6. The van der Waals surface area contributed by atoms with Gasteiger partial charge in [0, 0.05) is 5.92 Å². The van der Waals surface area contributed by atoms with Crippen LogP contribution < -0.4 is 10.6 Å². The summed E-state index contributed by atoms with van der Waals surface area (Å²) in [5.74, 6) is 1.45. The molecule has 2 heterocycles. The second-order valence-electron chi connectivity index (χ2n) is 6.66. The van der Waals surface area contributed by atoms with Crippen molar-refractivity contribution in [2.75, 3.05) is 18.4 Å². The van der Waals surface area contributed by atoms with Crippen molar-refractivity contribution >= 4 is 32.9 Å². The topological polar surface area (TPSA) is 84.0 Å². The molecular weight excluding hydrogens is 372 g/mol. The van der Waals surface area contributed by atoms with E-state index >= 15 is 0 Å². The zero-order valence-corrected chi connectivity index (χ0v) is 16.4. The molecular formula is C18H23ClN4O2S. The lowest BCUT2D eigenvalue weighted by molar-refractivity contribution is 0.445. The molecule has 0 atom stereocenters. The first-order chi connectivity index (χ1) is 12.4. The van der Waals surface area contributed by atoms with Gasteiger partial charge in [-0.1, -0.05) is 23.7 Å². The summed E-state index contributed by atoms with van der Waals surface area (Å²) in [6.07, 6.45) is 3.52. The van der Waals surface area contributed by atoms with Crippen LogP contribution in [0.4, 0.5) is 11.5 Å². The van der Waals surface area contributed by atoms with E-state index in [0.717, 1.165) is 31.8 Å². The predicted octanol–water partition coefficient (Wildman–Crippen LogP) is 3.52. The third-order valence-electron chi connectivity index (χ3n) is 4.53. The Morgan fingerprint density at radius 3 is 2.62 bits per heavy atom. The van der Waals surface area contributed by atoms with Gasteiger partial charge in [0.25, 0.3) is 0 Å². The van der Waals surface area contributed by atoms with Crippen molar-refractivity contribution in [3.05, 3.63) is 41.3 Å². The number of nitrogens with zero attached hydrogens (tertiary/aromatic N) is 2. The van der Waals surface area contributed by atoms with Crippen LogP contribution in [-0.4, -0.2) is 36.7 Å². The molecule has 0 unspecified atom stereocenters. The van der Waals surface area contributed by atoms with Crippen LogP contribution in [0.15, 0.2) is 35.4 Å². The van der Waals surface area contributed by atoms with Crippen LogP contribution in [0.25, 0.3) is 0 Å². The van der Waals surface area contributed by atoms with Crippen molar-refractivity contribution < 1.29 is 8.42 Å². The van der Waals surface area contributed by atoms with Crippen LogP contribution in [-0.2, 0) is 9.84 Å². The van der Waals surface area contributed by atoms with E-state index in [4.69, 9.17) is 11.6 Å². The van der Waals surface area contributed by atoms with E-state index < -0.39 is 15.1 Å². The average molecular weight is 395 g/mol. The molecule has 1 aromatic carbocycles. The fourth-order valence-corrected chi connectivity index (χ4v) is 4.28. The van der Waals surface area contributed by atoms with Gasteiger partial charge < -0.3 is 10.6 Å². The van der Waals surface area contributed by atoms with Gasteiger partial charge in [0.05, 0.1) is 22.0 Å². The Balaban J connectivity index is 1.95. The van der Waals surface area contributed by atoms with E-state index in [2.05, 4.69) is 20.6 Å². The number of piperidine rings is 1. The van der Waals surface area contributed by atoms with Gasteiger partial charge in [-0.15, -0.1) is 0 Å². The third-order valence-corrected chi connectivity index (χ3v) is 7.02. The van der Waals surface area contributed by atoms with E-state index in [1.54, 1.807) is 44.3 Å². The monoisotopic (exact) mass is 394 g/mol. The van der Waals surface area contributed by atoms with E-state index in [0.29, 0.717) is 16.5 Å². The summed E-state index contributed by atoms with van der Waals surface area (Å²) in [5.41, 5.74) is 0.470. The summed E-state index contributed by atoms with van der Waals surface area (Å²) in [7, 11) is -3.43. The Morgan fingerprint density at radius 2 is 1.92 bits per heavy atom. The van der Waals surface area contributed by atoms with Gasteiger partial charge in [0.15, 0.2) is 15.7 Å². The minimum Gasteiger partial charge on any atom is -0.338 e. The quantitative estimate of drug-likeness (QED) is 0.807. The number of nitrogens with one attached hydrogen (secondary N) is 2. The van der Waals surface area contributed by atoms with Gasteiger partial charge in [0.2, 0.25) is 0 Å². The summed E-state index contributed by atoms with van der Waals surface area (Å²) < 4.78 is 25.3. The number of benzene rings is 1. The standard InChI is InChI=1S/C18H23ClN4O2S/c1-12(2)26(24,25)16-6-4-3-5-15(16)22-18-14(19)11-21-17(23-18)13-7-9-20-10-8-13/h3-6,11-13,20H,7-10H2,1-2H3,(H,21,22,23). The van der Waals surface area contributed by atoms with Crippen LogP contribution in [0.1, 0.15) is 38.4 Å². The fraction of sp³-hybridized carbons (Fsp3) is 0.444. The molecule has 2 N–H and O–H groups in total.